The zero-order valence-electron chi connectivity index (χ0n) is 8.37. The molecule has 0 aliphatic heterocycles. The number of aromatic hydroxyl groups is 1. The first-order valence-electron chi connectivity index (χ1n) is 4.56. The average molecular weight is 180 g/mol. The minimum atomic E-state index is 0.357. The van der Waals surface area contributed by atoms with Gasteiger partial charge in [-0.2, -0.15) is 0 Å². The summed E-state index contributed by atoms with van der Waals surface area (Å²) in [4.78, 5) is 0. The highest BCUT2D eigenvalue weighted by Crippen LogP contribution is 2.30. The van der Waals surface area contributed by atoms with Gasteiger partial charge >= 0.3 is 0 Å². The Hall–Kier alpha value is -1.18. The van der Waals surface area contributed by atoms with Gasteiger partial charge < -0.3 is 9.84 Å². The lowest BCUT2D eigenvalue weighted by Gasteiger charge is -2.12. The lowest BCUT2D eigenvalue weighted by atomic mass is 9.97. The molecule has 0 radical (unpaired) electrons. The number of benzene rings is 1. The third kappa shape index (κ3) is 2.14. The molecule has 1 unspecified atom stereocenters. The lowest BCUT2D eigenvalue weighted by molar-refractivity contribution is 0.409. The van der Waals surface area contributed by atoms with Crippen molar-refractivity contribution >= 4 is 0 Å². The highest BCUT2D eigenvalue weighted by molar-refractivity contribution is 5.41. The maximum Gasteiger partial charge on any atom is 0.119 e. The van der Waals surface area contributed by atoms with Gasteiger partial charge in [0.15, 0.2) is 0 Å². The van der Waals surface area contributed by atoms with Gasteiger partial charge in [0.1, 0.15) is 11.5 Å². The second kappa shape index (κ2) is 4.17. The second-order valence-electron chi connectivity index (χ2n) is 3.23. The van der Waals surface area contributed by atoms with Crippen LogP contribution in [0.2, 0.25) is 0 Å². The molecule has 0 spiro atoms. The minimum absolute atomic E-state index is 0.357. The fraction of sp³-hybridized carbons (Fsp3) is 0.455. The molecular formula is C11H16O2. The van der Waals surface area contributed by atoms with Crippen LogP contribution < -0.4 is 4.74 Å². The van der Waals surface area contributed by atoms with Gasteiger partial charge in [0.25, 0.3) is 0 Å². The van der Waals surface area contributed by atoms with Crippen LogP contribution in [0.15, 0.2) is 18.2 Å². The van der Waals surface area contributed by atoms with Crippen LogP contribution in [-0.4, -0.2) is 12.2 Å². The van der Waals surface area contributed by atoms with E-state index in [0.29, 0.717) is 11.7 Å². The van der Waals surface area contributed by atoms with E-state index < -0.39 is 0 Å². The molecule has 2 nitrogen and oxygen atoms in total. The van der Waals surface area contributed by atoms with Gasteiger partial charge in [-0.05, 0) is 30.5 Å². The summed E-state index contributed by atoms with van der Waals surface area (Å²) in [6, 6.07) is 5.34. The highest BCUT2D eigenvalue weighted by atomic mass is 16.5. The molecule has 1 rings (SSSR count). The van der Waals surface area contributed by atoms with Crippen molar-refractivity contribution in [3.05, 3.63) is 23.8 Å². The van der Waals surface area contributed by atoms with Gasteiger partial charge in [-0.25, -0.2) is 0 Å². The van der Waals surface area contributed by atoms with Gasteiger partial charge in [0, 0.05) is 5.56 Å². The first-order chi connectivity index (χ1) is 6.19. The predicted octanol–water partition coefficient (Wildman–Crippen LogP) is 2.91. The Morgan fingerprint density at radius 2 is 2.15 bits per heavy atom. The molecule has 13 heavy (non-hydrogen) atoms. The highest BCUT2D eigenvalue weighted by Gasteiger charge is 2.09. The number of rotatable bonds is 3. The molecule has 1 N–H and O–H groups in total. The fourth-order valence-electron chi connectivity index (χ4n) is 1.27. The van der Waals surface area contributed by atoms with Crippen molar-refractivity contribution in [2.45, 2.75) is 26.2 Å². The van der Waals surface area contributed by atoms with Crippen molar-refractivity contribution in [2.75, 3.05) is 7.11 Å². The van der Waals surface area contributed by atoms with Crippen molar-refractivity contribution in [2.24, 2.45) is 0 Å². The molecule has 1 atom stereocenters. The summed E-state index contributed by atoms with van der Waals surface area (Å²) in [6.45, 7) is 4.19. The summed E-state index contributed by atoms with van der Waals surface area (Å²) >= 11 is 0. The van der Waals surface area contributed by atoms with E-state index in [0.717, 1.165) is 17.7 Å². The minimum Gasteiger partial charge on any atom is -0.508 e. The van der Waals surface area contributed by atoms with E-state index in [2.05, 4.69) is 13.8 Å². The van der Waals surface area contributed by atoms with Crippen LogP contribution in [-0.2, 0) is 0 Å². The molecule has 0 saturated heterocycles. The number of hydrogen-bond acceptors (Lipinski definition) is 2. The molecule has 72 valence electrons. The number of hydrogen-bond donors (Lipinski definition) is 1. The van der Waals surface area contributed by atoms with Crippen LogP contribution in [0, 0.1) is 0 Å². The normalized spacial score (nSPS) is 12.5. The van der Waals surface area contributed by atoms with Crippen LogP contribution in [0.3, 0.4) is 0 Å². The van der Waals surface area contributed by atoms with Gasteiger partial charge in [0.05, 0.1) is 7.11 Å². The maximum absolute atomic E-state index is 9.58. The van der Waals surface area contributed by atoms with E-state index in [-0.39, 0.29) is 0 Å². The first-order valence-corrected chi connectivity index (χ1v) is 4.56. The van der Waals surface area contributed by atoms with E-state index in [4.69, 9.17) is 4.74 Å². The van der Waals surface area contributed by atoms with E-state index in [1.165, 1.54) is 0 Å². The number of phenols is 1. The fourth-order valence-corrected chi connectivity index (χ4v) is 1.27. The van der Waals surface area contributed by atoms with Crippen LogP contribution in [0.4, 0.5) is 0 Å². The summed E-state index contributed by atoms with van der Waals surface area (Å²) in [7, 11) is 1.63. The first kappa shape index (κ1) is 9.90. The molecule has 0 aromatic heterocycles. The van der Waals surface area contributed by atoms with E-state index in [9.17, 15) is 5.11 Å². The third-order valence-corrected chi connectivity index (χ3v) is 2.38. The van der Waals surface area contributed by atoms with Crippen LogP contribution >= 0.6 is 0 Å². The van der Waals surface area contributed by atoms with E-state index in [1.807, 2.05) is 6.07 Å². The maximum atomic E-state index is 9.58. The summed E-state index contributed by atoms with van der Waals surface area (Å²) in [5.74, 6) is 1.53. The topological polar surface area (TPSA) is 29.5 Å². The standard InChI is InChI=1S/C11H16O2/c1-4-8(2)10-7-9(13-3)5-6-11(10)12/h5-8,12H,4H2,1-3H3. The molecule has 1 aromatic rings. The summed E-state index contributed by atoms with van der Waals surface area (Å²) in [6.07, 6.45) is 1.01. The van der Waals surface area contributed by atoms with Crippen LogP contribution in [0.1, 0.15) is 31.7 Å². The van der Waals surface area contributed by atoms with Gasteiger partial charge in [-0.1, -0.05) is 13.8 Å². The van der Waals surface area contributed by atoms with Crippen molar-refractivity contribution in [1.82, 2.24) is 0 Å². The van der Waals surface area contributed by atoms with E-state index >= 15 is 0 Å². The van der Waals surface area contributed by atoms with Crippen LogP contribution in [0.5, 0.6) is 11.5 Å². The molecule has 0 aliphatic rings. The molecule has 2 heteroatoms. The quantitative estimate of drug-likeness (QED) is 0.775. The summed E-state index contributed by atoms with van der Waals surface area (Å²) in [5, 5.41) is 9.58. The summed E-state index contributed by atoms with van der Waals surface area (Å²) < 4.78 is 5.09. The lowest BCUT2D eigenvalue weighted by Crippen LogP contribution is -1.93. The number of ether oxygens (including phenoxy) is 1. The van der Waals surface area contributed by atoms with Gasteiger partial charge in [-0.15, -0.1) is 0 Å². The zero-order valence-corrected chi connectivity index (χ0v) is 8.37. The Kier molecular flexibility index (Phi) is 3.18. The second-order valence-corrected chi connectivity index (χ2v) is 3.23. The largest absolute Gasteiger partial charge is 0.508 e. The van der Waals surface area contributed by atoms with Gasteiger partial charge in [-0.3, -0.25) is 0 Å². The molecular weight excluding hydrogens is 164 g/mol. The predicted molar refractivity (Wildman–Crippen MR) is 53.4 cm³/mol. The Labute approximate surface area is 79.2 Å². The third-order valence-electron chi connectivity index (χ3n) is 2.38. The smallest absolute Gasteiger partial charge is 0.119 e. The molecule has 0 heterocycles. The van der Waals surface area contributed by atoms with Crippen molar-refractivity contribution in [1.29, 1.82) is 0 Å². The Morgan fingerprint density at radius 3 is 2.69 bits per heavy atom. The molecule has 0 amide bonds. The zero-order chi connectivity index (χ0) is 9.84. The molecule has 0 bridgehead atoms. The van der Waals surface area contributed by atoms with Crippen LogP contribution in [0.25, 0.3) is 0 Å². The van der Waals surface area contributed by atoms with Crippen molar-refractivity contribution in [3.63, 3.8) is 0 Å². The summed E-state index contributed by atoms with van der Waals surface area (Å²) in [5.41, 5.74) is 0.960. The number of methoxy groups -OCH3 is 1. The molecule has 0 saturated carbocycles. The van der Waals surface area contributed by atoms with Crippen molar-refractivity contribution < 1.29 is 9.84 Å². The van der Waals surface area contributed by atoms with E-state index in [1.54, 1.807) is 19.2 Å². The Morgan fingerprint density at radius 1 is 1.46 bits per heavy atom. The monoisotopic (exact) mass is 180 g/mol. The molecule has 0 aliphatic carbocycles. The Bertz CT molecular complexity index is 281. The number of phenolic OH excluding ortho intramolecular Hbond substituents is 1. The van der Waals surface area contributed by atoms with Crippen molar-refractivity contribution in [3.8, 4) is 11.5 Å². The Balaban J connectivity index is 3.03. The van der Waals surface area contributed by atoms with Gasteiger partial charge in [0.2, 0.25) is 0 Å². The molecule has 0 fully saturated rings. The average Bonchev–Trinajstić information content (AvgIpc) is 2.17. The molecule has 1 aromatic carbocycles. The SMILES string of the molecule is CCC(C)c1cc(OC)ccc1O.